The second kappa shape index (κ2) is 24.1. The summed E-state index contributed by atoms with van der Waals surface area (Å²) in [6.45, 7) is 14.0. The summed E-state index contributed by atoms with van der Waals surface area (Å²) in [4.78, 5) is 22.0. The summed E-state index contributed by atoms with van der Waals surface area (Å²) in [6, 6.07) is 3.35. The van der Waals surface area contributed by atoms with Crippen LogP contribution in [-0.2, 0) is 19.1 Å². The second-order valence-corrected chi connectivity index (χ2v) is 8.52. The van der Waals surface area contributed by atoms with Crippen molar-refractivity contribution in [3.05, 3.63) is 24.3 Å². The largest absolute Gasteiger partial charge is 0.462 e. The fourth-order valence-corrected chi connectivity index (χ4v) is 2.84. The van der Waals surface area contributed by atoms with Gasteiger partial charge in [0.15, 0.2) is 0 Å². The summed E-state index contributed by atoms with van der Waals surface area (Å²) in [7, 11) is 0. The fourth-order valence-electron chi connectivity index (χ4n) is 2.84. The van der Waals surface area contributed by atoms with Crippen LogP contribution < -0.4 is 0 Å². The normalized spacial score (nSPS) is 9.76. The first-order valence-corrected chi connectivity index (χ1v) is 12.3. The van der Waals surface area contributed by atoms with Crippen LogP contribution in [0.25, 0.3) is 0 Å². The predicted octanol–water partition coefficient (Wildman–Crippen LogP) is 6.97. The third-order valence-corrected chi connectivity index (χ3v) is 4.90. The van der Waals surface area contributed by atoms with Crippen molar-refractivity contribution in [2.75, 3.05) is 13.2 Å². The van der Waals surface area contributed by atoms with Crippen LogP contribution in [-0.4, -0.2) is 25.2 Å². The summed E-state index contributed by atoms with van der Waals surface area (Å²) < 4.78 is 9.74. The van der Waals surface area contributed by atoms with Crippen molar-refractivity contribution in [3.63, 3.8) is 0 Å². The van der Waals surface area contributed by atoms with E-state index in [-0.39, 0.29) is 11.1 Å². The molecule has 6 heteroatoms. The van der Waals surface area contributed by atoms with E-state index in [1.807, 2.05) is 0 Å². The van der Waals surface area contributed by atoms with E-state index in [9.17, 15) is 9.59 Å². The molecule has 0 aromatic heterocycles. The van der Waals surface area contributed by atoms with Crippen LogP contribution in [0, 0.1) is 28.6 Å². The molecule has 0 radical (unpaired) electrons. The van der Waals surface area contributed by atoms with Gasteiger partial charge in [-0.2, -0.15) is 10.5 Å². The van der Waals surface area contributed by atoms with Gasteiger partial charge in [0, 0.05) is 0 Å². The van der Waals surface area contributed by atoms with Crippen molar-refractivity contribution < 1.29 is 19.1 Å². The molecule has 0 atom stereocenters. The highest BCUT2D eigenvalue weighted by Crippen LogP contribution is 2.10. The zero-order valence-electron chi connectivity index (χ0n) is 21.1. The highest BCUT2D eigenvalue weighted by Gasteiger charge is 2.07. The Hall–Kier alpha value is -2.60. The minimum Gasteiger partial charge on any atom is -0.462 e. The van der Waals surface area contributed by atoms with Gasteiger partial charge < -0.3 is 9.47 Å². The molecule has 0 bridgehead atoms. The van der Waals surface area contributed by atoms with E-state index in [0.717, 1.165) is 31.6 Å². The van der Waals surface area contributed by atoms with Crippen LogP contribution in [0.4, 0.5) is 0 Å². The molecule has 0 unspecified atom stereocenters. The topological polar surface area (TPSA) is 100 Å². The Labute approximate surface area is 201 Å². The number of hydrogen-bond acceptors (Lipinski definition) is 6. The quantitative estimate of drug-likeness (QED) is 0.0947. The van der Waals surface area contributed by atoms with E-state index < -0.39 is 11.9 Å². The summed E-state index contributed by atoms with van der Waals surface area (Å²) >= 11 is 0. The summed E-state index contributed by atoms with van der Waals surface area (Å²) in [5.74, 6) is -0.420. The number of carbonyl (C=O) groups is 2. The lowest BCUT2D eigenvalue weighted by Crippen LogP contribution is -2.06. The highest BCUT2D eigenvalue weighted by molar-refractivity contribution is 5.92. The molecule has 0 aliphatic carbocycles. The molecule has 0 spiro atoms. The first kappa shape index (κ1) is 32.6. The van der Waals surface area contributed by atoms with Crippen LogP contribution in [0.3, 0.4) is 0 Å². The lowest BCUT2D eigenvalue weighted by molar-refractivity contribution is -0.139. The van der Waals surface area contributed by atoms with Crippen molar-refractivity contribution in [1.29, 1.82) is 10.5 Å². The fraction of sp³-hybridized carbons (Fsp3) is 0.704. The molecule has 0 N–H and O–H groups in total. The van der Waals surface area contributed by atoms with Crippen molar-refractivity contribution in [1.82, 2.24) is 0 Å². The number of nitrogens with zero attached hydrogens (tertiary/aromatic N) is 2. The summed E-state index contributed by atoms with van der Waals surface area (Å²) in [5, 5.41) is 16.8. The maximum Gasteiger partial charge on any atom is 0.348 e. The number of unbranched alkanes of at least 4 members (excludes halogenated alkanes) is 10. The van der Waals surface area contributed by atoms with E-state index in [4.69, 9.17) is 20.0 Å². The minimum atomic E-state index is -0.593. The number of esters is 2. The van der Waals surface area contributed by atoms with Gasteiger partial charge in [-0.25, -0.2) is 9.59 Å². The number of carbonyl (C=O) groups excluding carboxylic acids is 2. The maximum absolute atomic E-state index is 11.0. The number of ether oxygens (including phenoxy) is 2. The Bertz CT molecular complexity index is 641. The molecule has 0 aliphatic heterocycles. The van der Waals surface area contributed by atoms with Crippen molar-refractivity contribution in [2.45, 2.75) is 104 Å². The van der Waals surface area contributed by atoms with Gasteiger partial charge in [-0.05, 0) is 18.8 Å². The molecule has 0 rings (SSSR count). The average molecular weight is 461 g/mol. The Morgan fingerprint density at radius 2 is 1.06 bits per heavy atom. The van der Waals surface area contributed by atoms with Crippen LogP contribution in [0.5, 0.6) is 0 Å². The average Bonchev–Trinajstić information content (AvgIpc) is 2.81. The zero-order valence-corrected chi connectivity index (χ0v) is 21.1. The minimum absolute atomic E-state index is 0.121. The van der Waals surface area contributed by atoms with E-state index in [0.29, 0.717) is 13.2 Å². The summed E-state index contributed by atoms with van der Waals surface area (Å²) in [6.07, 6.45) is 15.2. The molecule has 0 heterocycles. The zero-order chi connectivity index (χ0) is 25.3. The number of rotatable bonds is 18. The molecule has 0 fully saturated rings. The smallest absolute Gasteiger partial charge is 0.348 e. The van der Waals surface area contributed by atoms with Gasteiger partial charge in [-0.3, -0.25) is 0 Å². The van der Waals surface area contributed by atoms with E-state index >= 15 is 0 Å². The number of nitriles is 2. The molecular weight excluding hydrogens is 416 g/mol. The summed E-state index contributed by atoms with van der Waals surface area (Å²) in [5.41, 5.74) is -0.246. The highest BCUT2D eigenvalue weighted by atomic mass is 16.5. The molecular formula is C27H44N2O4. The Morgan fingerprint density at radius 3 is 1.42 bits per heavy atom. The lowest BCUT2D eigenvalue weighted by Gasteiger charge is -2.05. The van der Waals surface area contributed by atoms with Gasteiger partial charge in [0.1, 0.15) is 23.3 Å². The maximum atomic E-state index is 11.0. The first-order valence-electron chi connectivity index (χ1n) is 12.3. The lowest BCUT2D eigenvalue weighted by atomic mass is 10.0. The van der Waals surface area contributed by atoms with Crippen molar-refractivity contribution in [2.24, 2.45) is 5.92 Å². The third kappa shape index (κ3) is 23.9. The van der Waals surface area contributed by atoms with Crippen LogP contribution in [0.2, 0.25) is 0 Å². The standard InChI is InChI=1S/C14H23NO2.C13H21NO2/c1-3-4-5-6-7-8-9-10-11-17-14(16)13(2)12-15;1-11(2)8-6-4-5-7-9-16-13(15)12(3)10-14/h2-11H2,1H3;11H,3-9H2,1-2H3. The first-order chi connectivity index (χ1) is 15.8. The second-order valence-electron chi connectivity index (χ2n) is 8.52. The van der Waals surface area contributed by atoms with Gasteiger partial charge >= 0.3 is 11.9 Å². The van der Waals surface area contributed by atoms with Gasteiger partial charge in [0.2, 0.25) is 0 Å². The third-order valence-electron chi connectivity index (χ3n) is 4.90. The molecule has 0 saturated heterocycles. The molecule has 0 saturated carbocycles. The SMILES string of the molecule is C=C(C#N)C(=O)OCCCCCCC(C)C.C=C(C#N)C(=O)OCCCCCCCCCC. The Kier molecular flexibility index (Phi) is 23.7. The van der Waals surface area contributed by atoms with E-state index in [2.05, 4.69) is 33.9 Å². The Morgan fingerprint density at radius 1 is 0.697 bits per heavy atom. The monoisotopic (exact) mass is 460 g/mol. The molecule has 0 aliphatic rings. The van der Waals surface area contributed by atoms with E-state index in [1.54, 1.807) is 12.1 Å². The molecule has 6 nitrogen and oxygen atoms in total. The Balaban J connectivity index is 0. The van der Waals surface area contributed by atoms with Crippen molar-refractivity contribution >= 4 is 11.9 Å². The van der Waals surface area contributed by atoms with Crippen molar-refractivity contribution in [3.8, 4) is 12.1 Å². The van der Waals surface area contributed by atoms with Crippen LogP contribution in [0.1, 0.15) is 104 Å². The van der Waals surface area contributed by atoms with Crippen LogP contribution >= 0.6 is 0 Å². The predicted molar refractivity (Wildman–Crippen MR) is 132 cm³/mol. The molecule has 0 aromatic carbocycles. The molecule has 33 heavy (non-hydrogen) atoms. The van der Waals surface area contributed by atoms with Gasteiger partial charge in [0.25, 0.3) is 0 Å². The van der Waals surface area contributed by atoms with Gasteiger partial charge in [0.05, 0.1) is 13.2 Å². The van der Waals surface area contributed by atoms with E-state index in [1.165, 1.54) is 57.8 Å². The molecule has 186 valence electrons. The number of hydrogen-bond donors (Lipinski definition) is 0. The van der Waals surface area contributed by atoms with Gasteiger partial charge in [-0.15, -0.1) is 0 Å². The van der Waals surface area contributed by atoms with Crippen LogP contribution in [0.15, 0.2) is 24.3 Å². The van der Waals surface area contributed by atoms with Gasteiger partial charge in [-0.1, -0.05) is 105 Å². The molecule has 0 amide bonds. The molecule has 0 aromatic rings.